The van der Waals surface area contributed by atoms with E-state index >= 15 is 0 Å². The van der Waals surface area contributed by atoms with Gasteiger partial charge in [-0.1, -0.05) is 0 Å². The van der Waals surface area contributed by atoms with E-state index in [1.54, 1.807) is 0 Å². The van der Waals surface area contributed by atoms with Gasteiger partial charge in [-0.25, -0.2) is 8.98 Å². The second-order valence-corrected chi connectivity index (χ2v) is 3.37. The number of methoxy groups -OCH3 is 1. The van der Waals surface area contributed by atoms with Crippen molar-refractivity contribution in [2.45, 2.75) is 19.4 Å². The number of esters is 1. The molecule has 0 aromatic heterocycles. The molecular weight excluding hydrogens is 245 g/mol. The van der Waals surface area contributed by atoms with E-state index in [-0.39, 0.29) is 0 Å². The Kier molecular flexibility index (Phi) is 4.49. The first-order chi connectivity index (χ1) is 6.57. The molecule has 0 N–H and O–H groups in total. The average molecular weight is 252 g/mol. The van der Waals surface area contributed by atoms with Gasteiger partial charge in [0.2, 0.25) is 0 Å². The predicted molar refractivity (Wildman–Crippen MR) is 38.6 cm³/mol. The normalized spacial score (nSPS) is 14.7. The lowest BCUT2D eigenvalue weighted by molar-refractivity contribution is -0.276. The van der Waals surface area contributed by atoms with Crippen molar-refractivity contribution in [3.05, 3.63) is 0 Å². The third-order valence-electron chi connectivity index (χ3n) is 0.992. The molecule has 0 saturated heterocycles. The summed E-state index contributed by atoms with van der Waals surface area (Å²) in [6.07, 6.45) is -7.13. The van der Waals surface area contributed by atoms with E-state index < -0.39 is 28.8 Å². The second kappa shape index (κ2) is 4.77. The average Bonchev–Trinajstić information content (AvgIpc) is 1.96. The fourth-order valence-corrected chi connectivity index (χ4v) is 1.22. The lowest BCUT2D eigenvalue weighted by atomic mass is 10.4. The molecular formula is C5H7F3O6S. The molecule has 0 aliphatic rings. The second-order valence-electron chi connectivity index (χ2n) is 2.20. The van der Waals surface area contributed by atoms with Gasteiger partial charge >= 0.3 is 22.7 Å². The highest BCUT2D eigenvalue weighted by Crippen LogP contribution is 2.21. The Bertz CT molecular complexity index is 320. The Morgan fingerprint density at radius 2 is 1.80 bits per heavy atom. The highest BCUT2D eigenvalue weighted by molar-refractivity contribution is 7.81. The first-order valence-corrected chi connectivity index (χ1v) is 4.69. The van der Waals surface area contributed by atoms with Gasteiger partial charge in [-0.05, 0) is 6.92 Å². The van der Waals surface area contributed by atoms with E-state index in [1.807, 2.05) is 0 Å². The van der Waals surface area contributed by atoms with Gasteiger partial charge in [0.05, 0.1) is 7.11 Å². The van der Waals surface area contributed by atoms with E-state index in [0.29, 0.717) is 0 Å². The summed E-state index contributed by atoms with van der Waals surface area (Å²) < 4.78 is 65.8. The van der Waals surface area contributed by atoms with Gasteiger partial charge in [-0.3, -0.25) is 0 Å². The lowest BCUT2D eigenvalue weighted by Gasteiger charge is -2.11. The Hall–Kier alpha value is -0.870. The Balaban J connectivity index is 4.46. The zero-order chi connectivity index (χ0) is 12.3. The van der Waals surface area contributed by atoms with E-state index in [1.165, 1.54) is 0 Å². The van der Waals surface area contributed by atoms with Crippen molar-refractivity contribution >= 4 is 16.4 Å². The molecule has 0 heterocycles. The smallest absolute Gasteiger partial charge is 0.467 e. The molecule has 0 bridgehead atoms. The fourth-order valence-electron chi connectivity index (χ4n) is 0.517. The standard InChI is InChI=1S/C5H7F3O6S/c1-3(4(9)12-2)13-15(10,11)14-5(6,7)8/h3H,1-2H3/t3-/m0/s1. The van der Waals surface area contributed by atoms with Crippen LogP contribution in [-0.4, -0.2) is 34.0 Å². The van der Waals surface area contributed by atoms with Crippen LogP contribution in [0.15, 0.2) is 0 Å². The van der Waals surface area contributed by atoms with E-state index in [9.17, 15) is 26.4 Å². The van der Waals surface area contributed by atoms with E-state index in [4.69, 9.17) is 0 Å². The summed E-state index contributed by atoms with van der Waals surface area (Å²) in [7, 11) is -4.40. The molecule has 0 unspecified atom stereocenters. The minimum atomic E-state index is -5.41. The summed E-state index contributed by atoms with van der Waals surface area (Å²) in [5.41, 5.74) is 0. The Morgan fingerprint density at radius 3 is 2.13 bits per heavy atom. The van der Waals surface area contributed by atoms with Gasteiger partial charge in [0.15, 0.2) is 6.10 Å². The fraction of sp³-hybridized carbons (Fsp3) is 0.800. The molecule has 0 rings (SSSR count). The third kappa shape index (κ3) is 6.25. The van der Waals surface area contributed by atoms with Gasteiger partial charge in [0.25, 0.3) is 0 Å². The van der Waals surface area contributed by atoms with E-state index in [2.05, 4.69) is 13.1 Å². The monoisotopic (exact) mass is 252 g/mol. The molecule has 0 saturated carbocycles. The van der Waals surface area contributed by atoms with Crippen LogP contribution in [0, 0.1) is 0 Å². The van der Waals surface area contributed by atoms with Crippen LogP contribution in [0.25, 0.3) is 0 Å². The van der Waals surface area contributed by atoms with Crippen LogP contribution in [0.3, 0.4) is 0 Å². The van der Waals surface area contributed by atoms with Crippen molar-refractivity contribution in [3.63, 3.8) is 0 Å². The van der Waals surface area contributed by atoms with Crippen molar-refractivity contribution in [1.29, 1.82) is 0 Å². The van der Waals surface area contributed by atoms with Gasteiger partial charge in [-0.2, -0.15) is 8.42 Å². The van der Waals surface area contributed by atoms with Crippen LogP contribution in [0.1, 0.15) is 6.92 Å². The highest BCUT2D eigenvalue weighted by atomic mass is 32.3. The van der Waals surface area contributed by atoms with Crippen molar-refractivity contribution in [1.82, 2.24) is 0 Å². The molecule has 6 nitrogen and oxygen atoms in total. The summed E-state index contributed by atoms with van der Waals surface area (Å²) >= 11 is 0. The first-order valence-electron chi connectivity index (χ1n) is 3.36. The number of alkyl halides is 3. The van der Waals surface area contributed by atoms with Gasteiger partial charge < -0.3 is 4.74 Å². The number of hydrogen-bond donors (Lipinski definition) is 0. The minimum absolute atomic E-state index is 0.892. The molecule has 0 radical (unpaired) electrons. The summed E-state index contributed by atoms with van der Waals surface area (Å²) in [6, 6.07) is 0. The SMILES string of the molecule is COC(=O)[C@H](C)OS(=O)(=O)OC(F)(F)F. The summed E-state index contributed by atoms with van der Waals surface area (Å²) in [6.45, 7) is 0.892. The first kappa shape index (κ1) is 14.1. The molecule has 0 aliphatic heterocycles. The zero-order valence-corrected chi connectivity index (χ0v) is 8.39. The number of hydrogen-bond acceptors (Lipinski definition) is 6. The van der Waals surface area contributed by atoms with Crippen molar-refractivity contribution in [3.8, 4) is 0 Å². The van der Waals surface area contributed by atoms with Crippen LogP contribution >= 0.6 is 0 Å². The Labute approximate surface area is 83.2 Å². The molecule has 0 aliphatic carbocycles. The largest absolute Gasteiger partial charge is 0.538 e. The molecule has 0 amide bonds. The number of rotatable bonds is 4. The summed E-state index contributed by atoms with van der Waals surface area (Å²) in [5.74, 6) is -1.15. The summed E-state index contributed by atoms with van der Waals surface area (Å²) in [5, 5.41) is 0. The molecule has 0 spiro atoms. The van der Waals surface area contributed by atoms with Crippen molar-refractivity contribution < 1.29 is 39.5 Å². The Morgan fingerprint density at radius 1 is 1.33 bits per heavy atom. The molecule has 1 atom stereocenters. The molecule has 0 aromatic rings. The molecule has 15 heavy (non-hydrogen) atoms. The van der Waals surface area contributed by atoms with Crippen molar-refractivity contribution in [2.75, 3.05) is 7.11 Å². The van der Waals surface area contributed by atoms with Crippen LogP contribution in [-0.2, 0) is 28.3 Å². The predicted octanol–water partition coefficient (Wildman–Crippen LogP) is 0.346. The maximum Gasteiger partial charge on any atom is 0.538 e. The molecule has 0 fully saturated rings. The quantitative estimate of drug-likeness (QED) is 0.671. The highest BCUT2D eigenvalue weighted by Gasteiger charge is 2.39. The lowest BCUT2D eigenvalue weighted by Crippen LogP contribution is -2.29. The maximum absolute atomic E-state index is 11.5. The number of halogens is 3. The van der Waals surface area contributed by atoms with Gasteiger partial charge in [-0.15, -0.1) is 17.4 Å². The number of carbonyl (C=O) groups is 1. The molecule has 90 valence electrons. The van der Waals surface area contributed by atoms with Gasteiger partial charge in [0.1, 0.15) is 0 Å². The summed E-state index contributed by atoms with van der Waals surface area (Å²) in [4.78, 5) is 10.6. The van der Waals surface area contributed by atoms with Crippen LogP contribution in [0.4, 0.5) is 13.2 Å². The number of carbonyl (C=O) groups excluding carboxylic acids is 1. The van der Waals surface area contributed by atoms with E-state index in [0.717, 1.165) is 14.0 Å². The minimum Gasteiger partial charge on any atom is -0.467 e. The maximum atomic E-state index is 11.5. The third-order valence-corrected chi connectivity index (χ3v) is 1.91. The molecule has 10 heteroatoms. The van der Waals surface area contributed by atoms with Gasteiger partial charge in [0, 0.05) is 0 Å². The number of ether oxygens (including phenoxy) is 1. The topological polar surface area (TPSA) is 78.9 Å². The zero-order valence-electron chi connectivity index (χ0n) is 7.57. The van der Waals surface area contributed by atoms with Crippen LogP contribution in [0.5, 0.6) is 0 Å². The molecule has 0 aromatic carbocycles. The van der Waals surface area contributed by atoms with Crippen LogP contribution < -0.4 is 0 Å². The van der Waals surface area contributed by atoms with Crippen molar-refractivity contribution in [2.24, 2.45) is 0 Å². The van der Waals surface area contributed by atoms with Crippen LogP contribution in [0.2, 0.25) is 0 Å².